The van der Waals surface area contributed by atoms with Gasteiger partial charge in [0.2, 0.25) is 5.91 Å². The van der Waals surface area contributed by atoms with E-state index in [0.717, 1.165) is 11.6 Å². The highest BCUT2D eigenvalue weighted by Gasteiger charge is 2.27. The van der Waals surface area contributed by atoms with Crippen LogP contribution in [0.25, 0.3) is 0 Å². The number of pyridine rings is 1. The molecule has 1 amide bonds. The number of amides is 1. The number of nitrogens with one attached hydrogen (secondary N) is 2. The fraction of sp³-hybridized carbons (Fsp3) is 0.217. The number of carbonyl (C=O) groups excluding carboxylic acids is 1. The Balaban J connectivity index is 1.73. The van der Waals surface area contributed by atoms with Gasteiger partial charge in [-0.3, -0.25) is 19.2 Å². The average Bonchev–Trinajstić information content (AvgIpc) is 2.81. The summed E-state index contributed by atoms with van der Waals surface area (Å²) in [4.78, 5) is 27.0. The predicted molar refractivity (Wildman–Crippen MR) is 130 cm³/mol. The Morgan fingerprint density at radius 2 is 1.85 bits per heavy atom. The monoisotopic (exact) mass is 483 g/mol. The molecule has 0 atom stereocenters. The molecule has 0 unspecified atom stereocenters. The summed E-state index contributed by atoms with van der Waals surface area (Å²) >= 11 is 0. The number of sulfonamides is 1. The normalized spacial score (nSPS) is 11.0. The summed E-state index contributed by atoms with van der Waals surface area (Å²) in [6, 6.07) is 15.7. The number of aryl methyl sites for hydroxylation is 1. The highest BCUT2D eigenvalue weighted by molar-refractivity contribution is 7.92. The van der Waals surface area contributed by atoms with Gasteiger partial charge in [0.15, 0.2) is 0 Å². The Hall–Kier alpha value is -3.99. The molecular weight excluding hydrogens is 458 g/mol. The van der Waals surface area contributed by atoms with E-state index in [2.05, 4.69) is 15.6 Å². The van der Waals surface area contributed by atoms with Crippen molar-refractivity contribution < 1.29 is 18.1 Å². The second-order valence-electron chi connectivity index (χ2n) is 7.39. The van der Waals surface area contributed by atoms with Crippen LogP contribution < -0.4 is 14.9 Å². The zero-order chi connectivity index (χ0) is 24.7. The van der Waals surface area contributed by atoms with Crippen molar-refractivity contribution in [1.29, 1.82) is 0 Å². The summed E-state index contributed by atoms with van der Waals surface area (Å²) < 4.78 is 27.5. The first-order valence-electron chi connectivity index (χ1n) is 10.5. The molecule has 0 spiro atoms. The summed E-state index contributed by atoms with van der Waals surface area (Å²) in [5.74, 6) is 0.0992. The van der Waals surface area contributed by atoms with Gasteiger partial charge in [-0.2, -0.15) is 0 Å². The van der Waals surface area contributed by atoms with E-state index >= 15 is 0 Å². The SMILES string of the molecule is CCN(c1ccccc1)S(=O)(=O)c1ccc(NCCC(=O)Nc2ccc(C)cn2)c([N+](=O)[O-])c1. The molecular formula is C23H25N5O5S. The average molecular weight is 484 g/mol. The van der Waals surface area contributed by atoms with Crippen molar-refractivity contribution >= 4 is 38.8 Å². The molecule has 3 aromatic rings. The van der Waals surface area contributed by atoms with Crippen LogP contribution in [0.1, 0.15) is 18.9 Å². The molecule has 1 heterocycles. The Morgan fingerprint density at radius 3 is 2.47 bits per heavy atom. The smallest absolute Gasteiger partial charge is 0.293 e. The van der Waals surface area contributed by atoms with E-state index in [4.69, 9.17) is 0 Å². The van der Waals surface area contributed by atoms with Crippen molar-refractivity contribution in [2.45, 2.75) is 25.2 Å². The molecule has 0 aliphatic rings. The van der Waals surface area contributed by atoms with Gasteiger partial charge in [0.25, 0.3) is 15.7 Å². The van der Waals surface area contributed by atoms with Crippen LogP contribution in [0.3, 0.4) is 0 Å². The minimum atomic E-state index is -4.02. The second kappa shape index (κ2) is 10.8. The van der Waals surface area contributed by atoms with E-state index in [1.54, 1.807) is 49.5 Å². The highest BCUT2D eigenvalue weighted by atomic mass is 32.2. The van der Waals surface area contributed by atoms with E-state index in [0.29, 0.717) is 11.5 Å². The van der Waals surface area contributed by atoms with Gasteiger partial charge < -0.3 is 10.6 Å². The third kappa shape index (κ3) is 5.87. The Bertz CT molecular complexity index is 1260. The summed E-state index contributed by atoms with van der Waals surface area (Å²) in [5.41, 5.74) is 1.14. The van der Waals surface area contributed by atoms with E-state index in [1.165, 1.54) is 16.4 Å². The number of hydrogen-bond acceptors (Lipinski definition) is 7. The topological polar surface area (TPSA) is 135 Å². The molecule has 34 heavy (non-hydrogen) atoms. The maximum absolute atomic E-state index is 13.2. The van der Waals surface area contributed by atoms with Gasteiger partial charge in [-0.1, -0.05) is 24.3 Å². The number of benzene rings is 2. The molecule has 0 saturated carbocycles. The number of nitrogens with zero attached hydrogens (tertiary/aromatic N) is 3. The molecule has 11 heteroatoms. The van der Waals surface area contributed by atoms with E-state index in [9.17, 15) is 23.3 Å². The molecule has 0 fully saturated rings. The Labute approximate surface area is 197 Å². The number of para-hydroxylation sites is 1. The standard InChI is InChI=1S/C23H25N5O5S/c1-3-27(18-7-5-4-6-8-18)34(32,33)19-10-11-20(21(15-19)28(30)31)24-14-13-23(29)26-22-12-9-17(2)16-25-22/h4-12,15-16,24H,3,13-14H2,1-2H3,(H,25,26,29). The zero-order valence-corrected chi connectivity index (χ0v) is 19.6. The Morgan fingerprint density at radius 1 is 1.12 bits per heavy atom. The van der Waals surface area contributed by atoms with Crippen molar-refractivity contribution in [3.05, 3.63) is 82.5 Å². The van der Waals surface area contributed by atoms with Crippen LogP contribution in [-0.2, 0) is 14.8 Å². The van der Waals surface area contributed by atoms with Crippen molar-refractivity contribution in [2.75, 3.05) is 28.0 Å². The predicted octanol–water partition coefficient (Wildman–Crippen LogP) is 3.95. The van der Waals surface area contributed by atoms with Gasteiger partial charge in [0.05, 0.1) is 15.5 Å². The molecule has 0 radical (unpaired) electrons. The van der Waals surface area contributed by atoms with Crippen LogP contribution >= 0.6 is 0 Å². The lowest BCUT2D eigenvalue weighted by atomic mass is 10.2. The van der Waals surface area contributed by atoms with Gasteiger partial charge in [0.1, 0.15) is 11.5 Å². The number of anilines is 3. The molecule has 0 bridgehead atoms. The summed E-state index contributed by atoms with van der Waals surface area (Å²) in [6.07, 6.45) is 1.66. The number of rotatable bonds is 10. The molecule has 2 aromatic carbocycles. The fourth-order valence-corrected chi connectivity index (χ4v) is 4.74. The van der Waals surface area contributed by atoms with Crippen molar-refractivity contribution in [2.24, 2.45) is 0 Å². The van der Waals surface area contributed by atoms with Gasteiger partial charge in [-0.25, -0.2) is 13.4 Å². The van der Waals surface area contributed by atoms with E-state index < -0.39 is 20.6 Å². The number of nitro benzene ring substituents is 1. The number of hydrogen-bond donors (Lipinski definition) is 2. The van der Waals surface area contributed by atoms with Gasteiger partial charge in [-0.05, 0) is 49.7 Å². The van der Waals surface area contributed by atoms with Crippen LogP contribution in [0.15, 0.2) is 71.8 Å². The van der Waals surface area contributed by atoms with Crippen molar-refractivity contribution in [3.8, 4) is 0 Å². The number of nitro groups is 1. The Kier molecular flexibility index (Phi) is 7.79. The van der Waals surface area contributed by atoms with Crippen molar-refractivity contribution in [1.82, 2.24) is 4.98 Å². The molecule has 0 saturated heterocycles. The van der Waals surface area contributed by atoms with E-state index in [-0.39, 0.29) is 36.0 Å². The van der Waals surface area contributed by atoms with Gasteiger partial charge >= 0.3 is 0 Å². The first-order valence-corrected chi connectivity index (χ1v) is 12.0. The molecule has 0 aliphatic carbocycles. The van der Waals surface area contributed by atoms with Gasteiger partial charge in [0, 0.05) is 31.8 Å². The lowest BCUT2D eigenvalue weighted by Gasteiger charge is -2.23. The quantitative estimate of drug-likeness (QED) is 0.329. The van der Waals surface area contributed by atoms with Crippen LogP contribution in [0.2, 0.25) is 0 Å². The lowest BCUT2D eigenvalue weighted by Crippen LogP contribution is -2.30. The molecule has 10 nitrogen and oxygen atoms in total. The number of carbonyl (C=O) groups is 1. The molecule has 1 aromatic heterocycles. The van der Waals surface area contributed by atoms with Crippen LogP contribution in [-0.4, -0.2) is 37.3 Å². The minimum absolute atomic E-state index is 0.0321. The summed E-state index contributed by atoms with van der Waals surface area (Å²) in [5, 5.41) is 17.1. The third-order valence-corrected chi connectivity index (χ3v) is 6.83. The molecule has 0 aliphatic heterocycles. The lowest BCUT2D eigenvalue weighted by molar-refractivity contribution is -0.384. The van der Waals surface area contributed by atoms with Crippen LogP contribution in [0, 0.1) is 17.0 Å². The largest absolute Gasteiger partial charge is 0.379 e. The maximum atomic E-state index is 13.2. The molecule has 3 rings (SSSR count). The molecule has 178 valence electrons. The highest BCUT2D eigenvalue weighted by Crippen LogP contribution is 2.30. The first-order chi connectivity index (χ1) is 16.2. The van der Waals surface area contributed by atoms with Crippen LogP contribution in [0.5, 0.6) is 0 Å². The van der Waals surface area contributed by atoms with Gasteiger partial charge in [-0.15, -0.1) is 0 Å². The summed E-state index contributed by atoms with van der Waals surface area (Å²) in [7, 11) is -4.02. The minimum Gasteiger partial charge on any atom is -0.379 e. The molecule has 2 N–H and O–H groups in total. The van der Waals surface area contributed by atoms with Crippen molar-refractivity contribution in [3.63, 3.8) is 0 Å². The zero-order valence-electron chi connectivity index (χ0n) is 18.8. The number of aromatic nitrogens is 1. The maximum Gasteiger partial charge on any atom is 0.293 e. The fourth-order valence-electron chi connectivity index (χ4n) is 3.24. The second-order valence-corrected chi connectivity index (χ2v) is 9.25. The van der Waals surface area contributed by atoms with E-state index in [1.807, 2.05) is 13.0 Å². The first kappa shape index (κ1) is 24.6. The summed E-state index contributed by atoms with van der Waals surface area (Å²) in [6.45, 7) is 3.83. The third-order valence-electron chi connectivity index (χ3n) is 4.93. The van der Waals surface area contributed by atoms with Crippen LogP contribution in [0.4, 0.5) is 22.9 Å².